The number of piperidine rings is 1. The minimum Gasteiger partial charge on any atom is -0.379 e. The van der Waals surface area contributed by atoms with Crippen molar-refractivity contribution in [3.63, 3.8) is 0 Å². The minimum absolute atomic E-state index is 0.0721. The highest BCUT2D eigenvalue weighted by Gasteiger charge is 2.55. The molecule has 0 spiro atoms. The van der Waals surface area contributed by atoms with Gasteiger partial charge in [0.05, 0.1) is 11.5 Å². The lowest BCUT2D eigenvalue weighted by Crippen LogP contribution is -2.57. The quantitative estimate of drug-likeness (QED) is 0.669. The molecule has 1 aromatic rings. The average molecular weight is 305 g/mol. The number of β-amino-alcohol motifs (C(OH)–C–C–N with tert-alkyl or cyclic N) is 1. The van der Waals surface area contributed by atoms with Gasteiger partial charge in [0, 0.05) is 18.8 Å². The molecule has 2 heterocycles. The van der Waals surface area contributed by atoms with Gasteiger partial charge in [-0.1, -0.05) is 0 Å². The SMILES string of the molecule is Cc1cnc(N2CCC[C@](O)(C(F)(F)F)C2)c([N+](=O)[O-])c1. The van der Waals surface area contributed by atoms with Crippen LogP contribution in [0.25, 0.3) is 0 Å². The van der Waals surface area contributed by atoms with Crippen LogP contribution in [0.15, 0.2) is 12.3 Å². The number of alkyl halides is 3. The number of anilines is 1. The minimum atomic E-state index is -4.79. The molecule has 2 rings (SSSR count). The number of hydrogen-bond acceptors (Lipinski definition) is 5. The number of hydrogen-bond donors (Lipinski definition) is 1. The number of halogens is 3. The lowest BCUT2D eigenvalue weighted by molar-refractivity contribution is -0.384. The molecule has 0 bridgehead atoms. The van der Waals surface area contributed by atoms with Gasteiger partial charge in [0.1, 0.15) is 0 Å². The first kappa shape index (κ1) is 15.5. The van der Waals surface area contributed by atoms with E-state index in [4.69, 9.17) is 0 Å². The number of rotatable bonds is 2. The number of aryl methyl sites for hydroxylation is 1. The van der Waals surface area contributed by atoms with Crippen LogP contribution in [0.4, 0.5) is 24.7 Å². The predicted octanol–water partition coefficient (Wildman–Crippen LogP) is 2.19. The van der Waals surface area contributed by atoms with Gasteiger partial charge in [-0.15, -0.1) is 0 Å². The maximum absolute atomic E-state index is 12.9. The molecule has 21 heavy (non-hydrogen) atoms. The zero-order valence-corrected chi connectivity index (χ0v) is 11.2. The Morgan fingerprint density at radius 1 is 1.52 bits per heavy atom. The Bertz CT molecular complexity index is 564. The number of nitrogens with zero attached hydrogens (tertiary/aromatic N) is 3. The fourth-order valence-electron chi connectivity index (χ4n) is 2.37. The van der Waals surface area contributed by atoms with Crippen LogP contribution in [0.3, 0.4) is 0 Å². The number of nitro groups is 1. The highest BCUT2D eigenvalue weighted by Crippen LogP contribution is 2.39. The van der Waals surface area contributed by atoms with Crippen LogP contribution in [-0.4, -0.2) is 39.9 Å². The Morgan fingerprint density at radius 2 is 2.19 bits per heavy atom. The van der Waals surface area contributed by atoms with Crippen LogP contribution >= 0.6 is 0 Å². The van der Waals surface area contributed by atoms with Crippen molar-refractivity contribution in [3.05, 3.63) is 27.9 Å². The second-order valence-corrected chi connectivity index (χ2v) is 5.17. The molecule has 1 fully saturated rings. The van der Waals surface area contributed by atoms with Gasteiger partial charge in [-0.05, 0) is 25.3 Å². The van der Waals surface area contributed by atoms with Gasteiger partial charge >= 0.3 is 11.9 Å². The monoisotopic (exact) mass is 305 g/mol. The maximum Gasteiger partial charge on any atom is 0.418 e. The van der Waals surface area contributed by atoms with E-state index in [1.165, 1.54) is 12.3 Å². The molecule has 1 aromatic heterocycles. The van der Waals surface area contributed by atoms with E-state index in [1.807, 2.05) is 0 Å². The van der Waals surface area contributed by atoms with Gasteiger partial charge in [-0.2, -0.15) is 13.2 Å². The first-order valence-electron chi connectivity index (χ1n) is 6.29. The molecular formula is C12H14F3N3O3. The van der Waals surface area contributed by atoms with Gasteiger partial charge in [0.25, 0.3) is 0 Å². The van der Waals surface area contributed by atoms with E-state index in [0.29, 0.717) is 5.56 Å². The Kier molecular flexibility index (Phi) is 3.79. The standard InChI is InChI=1S/C12H14F3N3O3/c1-8-5-9(18(20)21)10(16-6-8)17-4-2-3-11(19,7-17)12(13,14)15/h5-6,19H,2-4,7H2,1H3/t11-/m1/s1. The van der Waals surface area contributed by atoms with Gasteiger partial charge < -0.3 is 10.0 Å². The first-order chi connectivity index (χ1) is 9.64. The summed E-state index contributed by atoms with van der Waals surface area (Å²) in [6.07, 6.45) is -3.79. The Labute approximate surface area is 118 Å². The third kappa shape index (κ3) is 2.92. The van der Waals surface area contributed by atoms with Crippen molar-refractivity contribution in [2.24, 2.45) is 0 Å². The van der Waals surface area contributed by atoms with Crippen molar-refractivity contribution >= 4 is 11.5 Å². The van der Waals surface area contributed by atoms with Crippen LogP contribution in [0.1, 0.15) is 18.4 Å². The predicted molar refractivity (Wildman–Crippen MR) is 68.1 cm³/mol. The molecule has 9 heteroatoms. The second kappa shape index (κ2) is 5.14. The summed E-state index contributed by atoms with van der Waals surface area (Å²) >= 11 is 0. The Morgan fingerprint density at radius 3 is 2.76 bits per heavy atom. The second-order valence-electron chi connectivity index (χ2n) is 5.17. The molecule has 1 aliphatic rings. The van der Waals surface area contributed by atoms with E-state index in [2.05, 4.69) is 4.98 Å². The molecule has 0 aliphatic carbocycles. The van der Waals surface area contributed by atoms with E-state index >= 15 is 0 Å². The molecule has 0 amide bonds. The van der Waals surface area contributed by atoms with E-state index in [-0.39, 0.29) is 24.5 Å². The third-order valence-electron chi connectivity index (χ3n) is 3.48. The number of aromatic nitrogens is 1. The molecule has 0 saturated carbocycles. The number of aliphatic hydroxyl groups is 1. The molecule has 1 N–H and O–H groups in total. The Hall–Kier alpha value is -1.90. The van der Waals surface area contributed by atoms with Gasteiger partial charge in [-0.3, -0.25) is 10.1 Å². The summed E-state index contributed by atoms with van der Waals surface area (Å²) in [5.74, 6) is -0.145. The molecule has 1 aliphatic heterocycles. The molecule has 1 saturated heterocycles. The molecule has 116 valence electrons. The molecular weight excluding hydrogens is 291 g/mol. The third-order valence-corrected chi connectivity index (χ3v) is 3.48. The summed E-state index contributed by atoms with van der Waals surface area (Å²) in [6.45, 7) is 1.02. The van der Waals surface area contributed by atoms with Gasteiger partial charge in [-0.25, -0.2) is 4.98 Å². The molecule has 1 atom stereocenters. The first-order valence-corrected chi connectivity index (χ1v) is 6.29. The summed E-state index contributed by atoms with van der Waals surface area (Å²) in [4.78, 5) is 15.3. The zero-order chi connectivity index (χ0) is 15.8. The van der Waals surface area contributed by atoms with Gasteiger partial charge in [0.15, 0.2) is 5.60 Å². The fraction of sp³-hybridized carbons (Fsp3) is 0.583. The van der Waals surface area contributed by atoms with Crippen molar-refractivity contribution in [1.29, 1.82) is 0 Å². The van der Waals surface area contributed by atoms with Crippen LogP contribution in [0.5, 0.6) is 0 Å². The molecule has 6 nitrogen and oxygen atoms in total. The fourth-order valence-corrected chi connectivity index (χ4v) is 2.37. The van der Waals surface area contributed by atoms with E-state index in [0.717, 1.165) is 4.90 Å². The van der Waals surface area contributed by atoms with Crippen molar-refractivity contribution in [3.8, 4) is 0 Å². The van der Waals surface area contributed by atoms with E-state index < -0.39 is 29.7 Å². The van der Waals surface area contributed by atoms with E-state index in [1.54, 1.807) is 6.92 Å². The smallest absolute Gasteiger partial charge is 0.379 e. The molecule has 0 unspecified atom stereocenters. The summed E-state index contributed by atoms with van der Waals surface area (Å²) < 4.78 is 38.7. The summed E-state index contributed by atoms with van der Waals surface area (Å²) in [7, 11) is 0. The van der Waals surface area contributed by atoms with Crippen molar-refractivity contribution < 1.29 is 23.2 Å². The lowest BCUT2D eigenvalue weighted by Gasteiger charge is -2.40. The summed E-state index contributed by atoms with van der Waals surface area (Å²) in [5, 5.41) is 20.8. The van der Waals surface area contributed by atoms with Crippen LogP contribution < -0.4 is 4.90 Å². The largest absolute Gasteiger partial charge is 0.418 e. The lowest BCUT2D eigenvalue weighted by atomic mass is 9.92. The normalized spacial score (nSPS) is 23.2. The highest BCUT2D eigenvalue weighted by molar-refractivity contribution is 5.59. The van der Waals surface area contributed by atoms with Crippen LogP contribution in [-0.2, 0) is 0 Å². The van der Waals surface area contributed by atoms with Gasteiger partial charge in [0.2, 0.25) is 5.82 Å². The number of pyridine rings is 1. The van der Waals surface area contributed by atoms with Crippen molar-refractivity contribution in [2.75, 3.05) is 18.0 Å². The Balaban J connectivity index is 2.37. The van der Waals surface area contributed by atoms with E-state index in [9.17, 15) is 28.4 Å². The van der Waals surface area contributed by atoms with Crippen molar-refractivity contribution in [2.45, 2.75) is 31.5 Å². The van der Waals surface area contributed by atoms with Crippen LogP contribution in [0, 0.1) is 17.0 Å². The summed E-state index contributed by atoms with van der Waals surface area (Å²) in [6, 6.07) is 1.25. The molecule has 0 radical (unpaired) electrons. The highest BCUT2D eigenvalue weighted by atomic mass is 19.4. The van der Waals surface area contributed by atoms with Crippen LogP contribution in [0.2, 0.25) is 0 Å². The molecule has 0 aromatic carbocycles. The topological polar surface area (TPSA) is 79.5 Å². The zero-order valence-electron chi connectivity index (χ0n) is 11.2. The van der Waals surface area contributed by atoms with Crippen molar-refractivity contribution in [1.82, 2.24) is 4.98 Å². The summed E-state index contributed by atoms with van der Waals surface area (Å²) in [5.41, 5.74) is -2.69. The average Bonchev–Trinajstić information content (AvgIpc) is 2.37. The maximum atomic E-state index is 12.9.